The van der Waals surface area contributed by atoms with Crippen molar-refractivity contribution in [2.75, 3.05) is 26.8 Å². The topological polar surface area (TPSA) is 47.6 Å². The summed E-state index contributed by atoms with van der Waals surface area (Å²) >= 11 is 0. The zero-order valence-electron chi connectivity index (χ0n) is 15.6. The lowest BCUT2D eigenvalue weighted by molar-refractivity contribution is 0.0844. The first-order valence-corrected chi connectivity index (χ1v) is 8.98. The molecule has 1 saturated heterocycles. The van der Waals surface area contributed by atoms with Crippen molar-refractivity contribution < 1.29 is 13.9 Å². The molecule has 0 aromatic carbocycles. The van der Waals surface area contributed by atoms with E-state index in [1.807, 2.05) is 46.0 Å². The smallest absolute Gasteiger partial charge is 0.181 e. The Bertz CT molecular complexity index is 712. The number of aryl methyl sites for hydroxylation is 1. The molecule has 0 radical (unpaired) electrons. The number of rotatable bonds is 7. The maximum absolute atomic E-state index is 13.0. The Kier molecular flexibility index (Phi) is 5.45. The molecule has 0 amide bonds. The SMILES string of the molecule is Cc1cc(C(=O)[C@H](C)N(C)C[C@@H]2CCOC2)c(C)n1Cc1ccco1. The summed E-state index contributed by atoms with van der Waals surface area (Å²) in [5, 5.41) is 0. The van der Waals surface area contributed by atoms with E-state index in [0.717, 1.165) is 48.9 Å². The van der Waals surface area contributed by atoms with Crippen LogP contribution in [0.4, 0.5) is 0 Å². The van der Waals surface area contributed by atoms with Gasteiger partial charge in [-0.25, -0.2) is 0 Å². The number of aromatic nitrogens is 1. The second-order valence-corrected chi connectivity index (χ2v) is 7.16. The van der Waals surface area contributed by atoms with E-state index in [1.165, 1.54) is 0 Å². The van der Waals surface area contributed by atoms with Crippen molar-refractivity contribution in [2.45, 2.75) is 39.8 Å². The van der Waals surface area contributed by atoms with Crippen LogP contribution < -0.4 is 0 Å². The maximum Gasteiger partial charge on any atom is 0.181 e. The molecule has 0 N–H and O–H groups in total. The van der Waals surface area contributed by atoms with Crippen LogP contribution in [-0.4, -0.2) is 48.1 Å². The van der Waals surface area contributed by atoms with Gasteiger partial charge in [0, 0.05) is 30.1 Å². The van der Waals surface area contributed by atoms with Gasteiger partial charge < -0.3 is 13.7 Å². The van der Waals surface area contributed by atoms with E-state index in [2.05, 4.69) is 9.47 Å². The minimum atomic E-state index is -0.141. The van der Waals surface area contributed by atoms with E-state index in [-0.39, 0.29) is 11.8 Å². The zero-order valence-corrected chi connectivity index (χ0v) is 15.6. The van der Waals surface area contributed by atoms with E-state index in [1.54, 1.807) is 6.26 Å². The Morgan fingerprint density at radius 2 is 2.24 bits per heavy atom. The van der Waals surface area contributed by atoms with Crippen LogP contribution in [0.1, 0.15) is 40.9 Å². The first-order valence-electron chi connectivity index (χ1n) is 8.98. The monoisotopic (exact) mass is 344 g/mol. The molecular formula is C20H28N2O3. The molecule has 2 aromatic rings. The third kappa shape index (κ3) is 3.88. The third-order valence-electron chi connectivity index (χ3n) is 5.34. The predicted octanol–water partition coefficient (Wildman–Crippen LogP) is 3.29. The average molecular weight is 344 g/mol. The summed E-state index contributed by atoms with van der Waals surface area (Å²) in [7, 11) is 2.03. The van der Waals surface area contributed by atoms with Crippen LogP contribution in [0.15, 0.2) is 28.9 Å². The van der Waals surface area contributed by atoms with Crippen LogP contribution in [0, 0.1) is 19.8 Å². The summed E-state index contributed by atoms with van der Waals surface area (Å²) in [6.07, 6.45) is 2.77. The highest BCUT2D eigenvalue weighted by Gasteiger charge is 2.26. The first-order chi connectivity index (χ1) is 12.0. The number of carbonyl (C=O) groups is 1. The number of carbonyl (C=O) groups excluding carboxylic acids is 1. The number of likely N-dealkylation sites (N-methyl/N-ethyl adjacent to an activating group) is 1. The normalized spacial score (nSPS) is 18.8. The van der Waals surface area contributed by atoms with Crippen molar-refractivity contribution in [3.05, 3.63) is 47.2 Å². The fourth-order valence-electron chi connectivity index (χ4n) is 3.57. The van der Waals surface area contributed by atoms with Gasteiger partial charge in [-0.05, 0) is 58.4 Å². The predicted molar refractivity (Wildman–Crippen MR) is 97.1 cm³/mol. The molecule has 25 heavy (non-hydrogen) atoms. The summed E-state index contributed by atoms with van der Waals surface area (Å²) < 4.78 is 13.0. The molecule has 0 spiro atoms. The number of Topliss-reactive ketones (excluding diaryl/α,β-unsaturated/α-hetero) is 1. The molecular weight excluding hydrogens is 316 g/mol. The van der Waals surface area contributed by atoms with Crippen molar-refractivity contribution in [3.8, 4) is 0 Å². The summed E-state index contributed by atoms with van der Waals surface area (Å²) in [6.45, 7) is 9.26. The quantitative estimate of drug-likeness (QED) is 0.723. The second kappa shape index (κ2) is 7.58. The summed E-state index contributed by atoms with van der Waals surface area (Å²) in [5.74, 6) is 1.61. The molecule has 0 aliphatic carbocycles. The van der Waals surface area contributed by atoms with Gasteiger partial charge in [-0.3, -0.25) is 9.69 Å². The van der Waals surface area contributed by atoms with Gasteiger partial charge in [-0.15, -0.1) is 0 Å². The maximum atomic E-state index is 13.0. The van der Waals surface area contributed by atoms with Gasteiger partial charge in [0.15, 0.2) is 5.78 Å². The lowest BCUT2D eigenvalue weighted by Crippen LogP contribution is -2.39. The van der Waals surface area contributed by atoms with E-state index in [0.29, 0.717) is 12.5 Å². The highest BCUT2D eigenvalue weighted by atomic mass is 16.5. The molecule has 2 atom stereocenters. The second-order valence-electron chi connectivity index (χ2n) is 7.16. The molecule has 1 aliphatic heterocycles. The standard InChI is InChI=1S/C20H28N2O3/c1-14-10-19(15(2)22(14)12-18-6-5-8-25-18)20(23)16(3)21(4)11-17-7-9-24-13-17/h5-6,8,10,16-17H,7,9,11-13H2,1-4H3/t16-,17-/m0/s1. The lowest BCUT2D eigenvalue weighted by Gasteiger charge is -2.26. The molecule has 2 aromatic heterocycles. The molecule has 5 nitrogen and oxygen atoms in total. The van der Waals surface area contributed by atoms with E-state index < -0.39 is 0 Å². The highest BCUT2D eigenvalue weighted by Crippen LogP contribution is 2.21. The van der Waals surface area contributed by atoms with Crippen molar-refractivity contribution in [1.29, 1.82) is 0 Å². The molecule has 0 unspecified atom stereocenters. The van der Waals surface area contributed by atoms with Crippen molar-refractivity contribution in [3.63, 3.8) is 0 Å². The third-order valence-corrected chi connectivity index (χ3v) is 5.34. The number of furan rings is 1. The number of hydrogen-bond acceptors (Lipinski definition) is 4. The molecule has 1 fully saturated rings. The van der Waals surface area contributed by atoms with Crippen molar-refractivity contribution >= 4 is 5.78 Å². The van der Waals surface area contributed by atoms with Gasteiger partial charge in [0.25, 0.3) is 0 Å². The van der Waals surface area contributed by atoms with E-state index in [4.69, 9.17) is 9.15 Å². The average Bonchev–Trinajstić information content (AvgIpc) is 3.33. The van der Waals surface area contributed by atoms with Gasteiger partial charge in [0.05, 0.1) is 25.5 Å². The van der Waals surface area contributed by atoms with Crippen molar-refractivity contribution in [2.24, 2.45) is 5.92 Å². The number of ether oxygens (including phenoxy) is 1. The van der Waals surface area contributed by atoms with Gasteiger partial charge in [0.1, 0.15) is 5.76 Å². The van der Waals surface area contributed by atoms with Gasteiger partial charge in [-0.2, -0.15) is 0 Å². The molecule has 0 bridgehead atoms. The minimum absolute atomic E-state index is 0.141. The molecule has 1 aliphatic rings. The Balaban J connectivity index is 1.72. The Hall–Kier alpha value is -1.85. The Labute approximate surface area is 149 Å². The number of nitrogens with zero attached hydrogens (tertiary/aromatic N) is 2. The van der Waals surface area contributed by atoms with Crippen LogP contribution in [-0.2, 0) is 11.3 Å². The highest BCUT2D eigenvalue weighted by molar-refractivity contribution is 6.01. The molecule has 0 saturated carbocycles. The van der Waals surface area contributed by atoms with Gasteiger partial charge >= 0.3 is 0 Å². The molecule has 3 rings (SSSR count). The van der Waals surface area contributed by atoms with E-state index >= 15 is 0 Å². The molecule has 3 heterocycles. The van der Waals surface area contributed by atoms with Gasteiger partial charge in [-0.1, -0.05) is 0 Å². The summed E-state index contributed by atoms with van der Waals surface area (Å²) in [6, 6.07) is 5.71. The van der Waals surface area contributed by atoms with Crippen molar-refractivity contribution in [1.82, 2.24) is 9.47 Å². The number of ketones is 1. The van der Waals surface area contributed by atoms with Crippen LogP contribution in [0.5, 0.6) is 0 Å². The van der Waals surface area contributed by atoms with Crippen LogP contribution >= 0.6 is 0 Å². The van der Waals surface area contributed by atoms with Crippen LogP contribution in [0.2, 0.25) is 0 Å². The fourth-order valence-corrected chi connectivity index (χ4v) is 3.57. The molecule has 136 valence electrons. The van der Waals surface area contributed by atoms with Crippen LogP contribution in [0.3, 0.4) is 0 Å². The summed E-state index contributed by atoms with van der Waals surface area (Å²) in [4.78, 5) is 15.2. The van der Waals surface area contributed by atoms with Gasteiger partial charge in [0.2, 0.25) is 0 Å². The van der Waals surface area contributed by atoms with Crippen LogP contribution in [0.25, 0.3) is 0 Å². The Morgan fingerprint density at radius 1 is 1.44 bits per heavy atom. The summed E-state index contributed by atoms with van der Waals surface area (Å²) in [5.41, 5.74) is 2.89. The molecule has 5 heteroatoms. The fraction of sp³-hybridized carbons (Fsp3) is 0.550. The number of hydrogen-bond donors (Lipinski definition) is 0. The largest absolute Gasteiger partial charge is 0.467 e. The lowest BCUT2D eigenvalue weighted by atomic mass is 10.0. The van der Waals surface area contributed by atoms with E-state index in [9.17, 15) is 4.79 Å². The Morgan fingerprint density at radius 3 is 2.88 bits per heavy atom. The minimum Gasteiger partial charge on any atom is -0.467 e. The zero-order chi connectivity index (χ0) is 18.0. The first kappa shape index (κ1) is 18.0.